The monoisotopic (exact) mass is 355 g/mol. The van der Waals surface area contributed by atoms with Crippen LogP contribution in [0.1, 0.15) is 27.4 Å². The number of amides is 2. The van der Waals surface area contributed by atoms with Gasteiger partial charge in [0.1, 0.15) is 0 Å². The highest BCUT2D eigenvalue weighted by Gasteiger charge is 2.34. The summed E-state index contributed by atoms with van der Waals surface area (Å²) in [5.41, 5.74) is 2.75. The van der Waals surface area contributed by atoms with Gasteiger partial charge in [-0.1, -0.05) is 12.1 Å². The van der Waals surface area contributed by atoms with Crippen molar-refractivity contribution in [3.63, 3.8) is 0 Å². The Morgan fingerprint density at radius 3 is 2.92 bits per heavy atom. The summed E-state index contributed by atoms with van der Waals surface area (Å²) in [5.74, 6) is 0.0234. The number of carbonyl (C=O) groups is 2. The van der Waals surface area contributed by atoms with Crippen LogP contribution in [0.15, 0.2) is 36.7 Å². The van der Waals surface area contributed by atoms with Gasteiger partial charge in [-0.3, -0.25) is 14.3 Å². The van der Waals surface area contributed by atoms with E-state index in [9.17, 15) is 9.59 Å². The largest absolute Gasteiger partial charge is 0.355 e. The lowest BCUT2D eigenvalue weighted by molar-refractivity contribution is -0.124. The molecule has 0 spiro atoms. The highest BCUT2D eigenvalue weighted by molar-refractivity contribution is 5.94. The number of hydrogen-bond donors (Lipinski definition) is 3. The summed E-state index contributed by atoms with van der Waals surface area (Å²) in [5, 5.41) is 13.2. The van der Waals surface area contributed by atoms with Crippen LogP contribution in [0, 0.1) is 5.92 Å². The molecule has 3 N–H and O–H groups in total. The third kappa shape index (κ3) is 4.11. The van der Waals surface area contributed by atoms with Gasteiger partial charge in [-0.05, 0) is 29.7 Å². The molecule has 1 aliphatic heterocycles. The molecule has 7 nitrogen and oxygen atoms in total. The van der Waals surface area contributed by atoms with Gasteiger partial charge < -0.3 is 16.0 Å². The predicted octanol–water partition coefficient (Wildman–Crippen LogP) is 0.442. The molecule has 1 aliphatic rings. The molecule has 2 heterocycles. The Bertz CT molecular complexity index is 786. The number of rotatable bonds is 6. The van der Waals surface area contributed by atoms with Crippen LogP contribution in [0.2, 0.25) is 0 Å². The highest BCUT2D eigenvalue weighted by atomic mass is 16.2. The van der Waals surface area contributed by atoms with Crippen LogP contribution in [-0.2, 0) is 18.3 Å². The molecule has 1 aromatic heterocycles. The molecule has 2 amide bonds. The number of nitrogens with one attached hydrogen (secondary N) is 3. The lowest BCUT2D eigenvalue weighted by Crippen LogP contribution is -2.35. The minimum atomic E-state index is -0.104. The van der Waals surface area contributed by atoms with Gasteiger partial charge in [-0.15, -0.1) is 0 Å². The van der Waals surface area contributed by atoms with E-state index in [0.717, 1.165) is 17.7 Å². The van der Waals surface area contributed by atoms with E-state index in [4.69, 9.17) is 0 Å². The van der Waals surface area contributed by atoms with Crippen molar-refractivity contribution in [3.05, 3.63) is 53.3 Å². The summed E-state index contributed by atoms with van der Waals surface area (Å²) in [6.07, 6.45) is 4.50. The van der Waals surface area contributed by atoms with Crippen molar-refractivity contribution in [2.75, 3.05) is 26.7 Å². The van der Waals surface area contributed by atoms with Crippen LogP contribution in [0.25, 0.3) is 0 Å². The molecule has 2 atom stereocenters. The highest BCUT2D eigenvalue weighted by Crippen LogP contribution is 2.27. The molecular formula is C19H25N5O2. The fraction of sp³-hybridized carbons (Fsp3) is 0.421. The first-order valence-corrected chi connectivity index (χ1v) is 8.86. The molecule has 0 radical (unpaired) electrons. The molecular weight excluding hydrogens is 330 g/mol. The molecule has 138 valence electrons. The molecule has 26 heavy (non-hydrogen) atoms. The predicted molar refractivity (Wildman–Crippen MR) is 98.9 cm³/mol. The third-order valence-electron chi connectivity index (χ3n) is 4.83. The molecule has 0 aliphatic carbocycles. The first-order chi connectivity index (χ1) is 12.6. The van der Waals surface area contributed by atoms with Crippen LogP contribution in [0.5, 0.6) is 0 Å². The summed E-state index contributed by atoms with van der Waals surface area (Å²) in [7, 11) is 3.50. The smallest absolute Gasteiger partial charge is 0.251 e. The maximum absolute atomic E-state index is 12.6. The maximum Gasteiger partial charge on any atom is 0.251 e. The Morgan fingerprint density at radius 2 is 2.19 bits per heavy atom. The van der Waals surface area contributed by atoms with E-state index < -0.39 is 0 Å². The normalized spacial score (nSPS) is 19.3. The van der Waals surface area contributed by atoms with Crippen molar-refractivity contribution in [3.8, 4) is 0 Å². The molecule has 2 aromatic rings. The molecule has 0 saturated carbocycles. The Morgan fingerprint density at radius 1 is 1.35 bits per heavy atom. The van der Waals surface area contributed by atoms with Crippen LogP contribution >= 0.6 is 0 Å². The van der Waals surface area contributed by atoms with Crippen molar-refractivity contribution in [2.24, 2.45) is 13.0 Å². The fourth-order valence-electron chi connectivity index (χ4n) is 3.41. The molecule has 3 rings (SSSR count). The first kappa shape index (κ1) is 18.1. The van der Waals surface area contributed by atoms with Crippen LogP contribution in [0.4, 0.5) is 0 Å². The average molecular weight is 355 g/mol. The topological polar surface area (TPSA) is 88.1 Å². The minimum Gasteiger partial charge on any atom is -0.355 e. The zero-order valence-electron chi connectivity index (χ0n) is 15.2. The van der Waals surface area contributed by atoms with Crippen LogP contribution in [-0.4, -0.2) is 48.3 Å². The Balaban J connectivity index is 1.55. The fourth-order valence-corrected chi connectivity index (χ4v) is 3.41. The summed E-state index contributed by atoms with van der Waals surface area (Å²) in [6, 6.07) is 7.47. The van der Waals surface area contributed by atoms with E-state index in [-0.39, 0.29) is 23.7 Å². The summed E-state index contributed by atoms with van der Waals surface area (Å²) >= 11 is 0. The van der Waals surface area contributed by atoms with Crippen molar-refractivity contribution < 1.29 is 9.59 Å². The van der Waals surface area contributed by atoms with Crippen LogP contribution in [0.3, 0.4) is 0 Å². The van der Waals surface area contributed by atoms with Gasteiger partial charge in [0, 0.05) is 51.4 Å². The van der Waals surface area contributed by atoms with Gasteiger partial charge in [0.2, 0.25) is 5.91 Å². The van der Waals surface area contributed by atoms with E-state index in [1.54, 1.807) is 17.8 Å². The lowest BCUT2D eigenvalue weighted by atomic mass is 9.90. The zero-order valence-corrected chi connectivity index (χ0v) is 15.2. The molecule has 7 heteroatoms. The average Bonchev–Trinajstić information content (AvgIpc) is 3.30. The van der Waals surface area contributed by atoms with Crippen molar-refractivity contribution in [2.45, 2.75) is 12.3 Å². The van der Waals surface area contributed by atoms with E-state index in [1.165, 1.54) is 0 Å². The lowest BCUT2D eigenvalue weighted by Gasteiger charge is -2.17. The molecule has 1 saturated heterocycles. The van der Waals surface area contributed by atoms with E-state index in [0.29, 0.717) is 25.1 Å². The van der Waals surface area contributed by atoms with E-state index >= 15 is 0 Å². The van der Waals surface area contributed by atoms with Gasteiger partial charge in [-0.2, -0.15) is 5.10 Å². The maximum atomic E-state index is 12.6. The van der Waals surface area contributed by atoms with Crippen LogP contribution < -0.4 is 16.0 Å². The number of benzene rings is 1. The van der Waals surface area contributed by atoms with Crippen molar-refractivity contribution in [1.82, 2.24) is 25.7 Å². The summed E-state index contributed by atoms with van der Waals surface area (Å²) < 4.78 is 1.77. The second-order valence-electron chi connectivity index (χ2n) is 6.64. The standard InChI is InChI=1S/C19H25N5O2/c1-20-18(25)14-5-3-4-13(8-14)6-7-22-19(26)17-11-21-10-16(17)15-9-23-24(2)12-15/h3-5,8-9,12,16-17,21H,6-7,10-11H2,1-2H3,(H,20,25)(H,22,26)/t16-,17+/m1/s1. The number of aromatic nitrogens is 2. The van der Waals surface area contributed by atoms with Gasteiger partial charge in [0.15, 0.2) is 0 Å². The Kier molecular flexibility index (Phi) is 5.68. The first-order valence-electron chi connectivity index (χ1n) is 8.86. The number of aryl methyl sites for hydroxylation is 1. The van der Waals surface area contributed by atoms with Gasteiger partial charge >= 0.3 is 0 Å². The van der Waals surface area contributed by atoms with Gasteiger partial charge in [0.25, 0.3) is 5.91 Å². The Labute approximate surface area is 153 Å². The number of nitrogens with zero attached hydrogens (tertiary/aromatic N) is 2. The van der Waals surface area contributed by atoms with Crippen molar-refractivity contribution in [1.29, 1.82) is 0 Å². The van der Waals surface area contributed by atoms with Gasteiger partial charge in [-0.25, -0.2) is 0 Å². The molecule has 0 unspecified atom stereocenters. The van der Waals surface area contributed by atoms with Crippen molar-refractivity contribution >= 4 is 11.8 Å². The number of carbonyl (C=O) groups excluding carboxylic acids is 2. The molecule has 0 bridgehead atoms. The second kappa shape index (κ2) is 8.14. The number of hydrogen-bond acceptors (Lipinski definition) is 4. The SMILES string of the molecule is CNC(=O)c1cccc(CCNC(=O)[C@H]2CNC[C@@H]2c2cnn(C)c2)c1. The molecule has 1 fully saturated rings. The summed E-state index contributed by atoms with van der Waals surface area (Å²) in [6.45, 7) is 2.02. The second-order valence-corrected chi connectivity index (χ2v) is 6.64. The third-order valence-corrected chi connectivity index (χ3v) is 4.83. The van der Waals surface area contributed by atoms with Gasteiger partial charge in [0.05, 0.1) is 12.1 Å². The van der Waals surface area contributed by atoms with E-state index in [2.05, 4.69) is 21.0 Å². The molecule has 1 aromatic carbocycles. The van der Waals surface area contributed by atoms with E-state index in [1.807, 2.05) is 37.6 Å². The zero-order chi connectivity index (χ0) is 18.5. The Hall–Kier alpha value is -2.67. The minimum absolute atomic E-state index is 0.0614. The summed E-state index contributed by atoms with van der Waals surface area (Å²) in [4.78, 5) is 24.3. The quantitative estimate of drug-likeness (QED) is 0.702.